The monoisotopic (exact) mass is 346 g/mol. The minimum atomic E-state index is -0.0354. The molecule has 2 saturated heterocycles. The number of methoxy groups -OCH3 is 1. The molecule has 2 aliphatic heterocycles. The van der Waals surface area contributed by atoms with E-state index < -0.39 is 0 Å². The standard InChI is InChI=1S/C20H30N2O3/c1-21(2)18-8-13-25-20(14-18)9-11-22(12-10-20)19(23)17-6-4-16(5-7-17)15-24-3/h4-7,18H,8-15H2,1-3H3. The molecule has 1 atom stereocenters. The Morgan fingerprint density at radius 3 is 2.56 bits per heavy atom. The van der Waals surface area contributed by atoms with Crippen molar-refractivity contribution >= 4 is 5.91 Å². The number of carbonyl (C=O) groups is 1. The molecule has 0 N–H and O–H groups in total. The average molecular weight is 346 g/mol. The Kier molecular flexibility index (Phi) is 5.77. The fraction of sp³-hybridized carbons (Fsp3) is 0.650. The maximum absolute atomic E-state index is 12.8. The van der Waals surface area contributed by atoms with Crippen LogP contribution in [0.25, 0.3) is 0 Å². The molecule has 0 aliphatic carbocycles. The zero-order valence-corrected chi connectivity index (χ0v) is 15.7. The first-order valence-corrected chi connectivity index (χ1v) is 9.20. The lowest BCUT2D eigenvalue weighted by Crippen LogP contribution is -2.53. The molecular formula is C20H30N2O3. The van der Waals surface area contributed by atoms with Crippen molar-refractivity contribution in [2.24, 2.45) is 0 Å². The number of ether oxygens (including phenoxy) is 2. The van der Waals surface area contributed by atoms with E-state index in [-0.39, 0.29) is 11.5 Å². The van der Waals surface area contributed by atoms with Gasteiger partial charge in [-0.05, 0) is 57.5 Å². The molecule has 0 aromatic heterocycles. The first-order chi connectivity index (χ1) is 12.0. The van der Waals surface area contributed by atoms with Gasteiger partial charge in [0.15, 0.2) is 0 Å². The third kappa shape index (κ3) is 4.22. The second-order valence-corrected chi connectivity index (χ2v) is 7.56. The highest BCUT2D eigenvalue weighted by molar-refractivity contribution is 5.94. The Labute approximate surface area is 150 Å². The minimum absolute atomic E-state index is 0.0354. The van der Waals surface area contributed by atoms with Crippen LogP contribution in [0.5, 0.6) is 0 Å². The summed E-state index contributed by atoms with van der Waals surface area (Å²) in [6.07, 6.45) is 4.05. The molecule has 5 heteroatoms. The molecule has 3 rings (SSSR count). The SMILES string of the molecule is COCc1ccc(C(=O)N2CCC3(CC2)CC(N(C)C)CCO3)cc1. The van der Waals surface area contributed by atoms with Crippen molar-refractivity contribution in [1.82, 2.24) is 9.80 Å². The Bertz CT molecular complexity index is 577. The number of rotatable bonds is 4. The lowest BCUT2D eigenvalue weighted by molar-refractivity contribution is -0.125. The van der Waals surface area contributed by atoms with Gasteiger partial charge >= 0.3 is 0 Å². The van der Waals surface area contributed by atoms with Gasteiger partial charge in [-0.2, -0.15) is 0 Å². The maximum Gasteiger partial charge on any atom is 0.253 e. The van der Waals surface area contributed by atoms with Crippen LogP contribution >= 0.6 is 0 Å². The first-order valence-electron chi connectivity index (χ1n) is 9.20. The summed E-state index contributed by atoms with van der Waals surface area (Å²) in [6.45, 7) is 2.96. The number of hydrogen-bond acceptors (Lipinski definition) is 4. The zero-order chi connectivity index (χ0) is 17.9. The highest BCUT2D eigenvalue weighted by atomic mass is 16.5. The number of piperidine rings is 1. The van der Waals surface area contributed by atoms with E-state index in [9.17, 15) is 4.79 Å². The van der Waals surface area contributed by atoms with Gasteiger partial charge in [-0.15, -0.1) is 0 Å². The van der Waals surface area contributed by atoms with Crippen LogP contribution in [0.1, 0.15) is 41.6 Å². The van der Waals surface area contributed by atoms with Crippen LogP contribution in [0, 0.1) is 0 Å². The van der Waals surface area contributed by atoms with Crippen molar-refractivity contribution in [3.05, 3.63) is 35.4 Å². The third-order valence-corrected chi connectivity index (χ3v) is 5.67. The quantitative estimate of drug-likeness (QED) is 0.840. The molecular weight excluding hydrogens is 316 g/mol. The van der Waals surface area contributed by atoms with E-state index in [2.05, 4.69) is 19.0 Å². The summed E-state index contributed by atoms with van der Waals surface area (Å²) in [5, 5.41) is 0. The topological polar surface area (TPSA) is 42.0 Å². The lowest BCUT2D eigenvalue weighted by Gasteiger charge is -2.47. The van der Waals surface area contributed by atoms with Gasteiger partial charge in [0.2, 0.25) is 0 Å². The molecule has 1 spiro atoms. The van der Waals surface area contributed by atoms with Crippen molar-refractivity contribution in [3.8, 4) is 0 Å². The van der Waals surface area contributed by atoms with Crippen LogP contribution in [0.15, 0.2) is 24.3 Å². The lowest BCUT2D eigenvalue weighted by atomic mass is 9.82. The summed E-state index contributed by atoms with van der Waals surface area (Å²) in [4.78, 5) is 17.0. The van der Waals surface area contributed by atoms with E-state index in [1.807, 2.05) is 29.2 Å². The summed E-state index contributed by atoms with van der Waals surface area (Å²) in [5.74, 6) is 0.124. The van der Waals surface area contributed by atoms with E-state index in [4.69, 9.17) is 9.47 Å². The van der Waals surface area contributed by atoms with Gasteiger partial charge in [0.05, 0.1) is 12.2 Å². The molecule has 1 unspecified atom stereocenters. The Hall–Kier alpha value is -1.43. The van der Waals surface area contributed by atoms with Crippen LogP contribution in [0.4, 0.5) is 0 Å². The van der Waals surface area contributed by atoms with E-state index in [1.165, 1.54) is 0 Å². The van der Waals surface area contributed by atoms with Gasteiger partial charge < -0.3 is 19.3 Å². The second-order valence-electron chi connectivity index (χ2n) is 7.56. The summed E-state index contributed by atoms with van der Waals surface area (Å²) < 4.78 is 11.3. The Balaban J connectivity index is 1.59. The fourth-order valence-corrected chi connectivity index (χ4v) is 4.00. The molecule has 0 bridgehead atoms. The van der Waals surface area contributed by atoms with Gasteiger partial charge in [0, 0.05) is 38.4 Å². The number of benzene rings is 1. The van der Waals surface area contributed by atoms with Crippen LogP contribution in [-0.4, -0.2) is 68.3 Å². The van der Waals surface area contributed by atoms with Crippen molar-refractivity contribution in [1.29, 1.82) is 0 Å². The molecule has 2 aliphatic rings. The van der Waals surface area contributed by atoms with Gasteiger partial charge in [-0.25, -0.2) is 0 Å². The van der Waals surface area contributed by atoms with Crippen molar-refractivity contribution in [3.63, 3.8) is 0 Å². The van der Waals surface area contributed by atoms with E-state index in [0.717, 1.165) is 56.5 Å². The summed E-state index contributed by atoms with van der Waals surface area (Å²) in [6, 6.07) is 8.33. The van der Waals surface area contributed by atoms with Crippen molar-refractivity contribution in [2.75, 3.05) is 40.9 Å². The highest BCUT2D eigenvalue weighted by Gasteiger charge is 2.41. The summed E-state index contributed by atoms with van der Waals surface area (Å²) in [5.41, 5.74) is 1.81. The Morgan fingerprint density at radius 2 is 1.96 bits per heavy atom. The smallest absolute Gasteiger partial charge is 0.253 e. The second kappa shape index (κ2) is 7.85. The molecule has 0 radical (unpaired) electrons. The number of likely N-dealkylation sites (tertiary alicyclic amines) is 1. The van der Waals surface area contributed by atoms with Crippen molar-refractivity contribution in [2.45, 2.75) is 43.9 Å². The van der Waals surface area contributed by atoms with E-state index in [0.29, 0.717) is 12.6 Å². The summed E-state index contributed by atoms with van der Waals surface area (Å²) >= 11 is 0. The van der Waals surface area contributed by atoms with Crippen LogP contribution < -0.4 is 0 Å². The molecule has 0 saturated carbocycles. The predicted octanol–water partition coefficient (Wildman–Crippen LogP) is 2.55. The predicted molar refractivity (Wildman–Crippen MR) is 97.7 cm³/mol. The number of amides is 1. The number of nitrogens with zero attached hydrogens (tertiary/aromatic N) is 2. The zero-order valence-electron chi connectivity index (χ0n) is 15.7. The number of carbonyl (C=O) groups excluding carboxylic acids is 1. The highest BCUT2D eigenvalue weighted by Crippen LogP contribution is 2.36. The van der Waals surface area contributed by atoms with Crippen molar-refractivity contribution < 1.29 is 14.3 Å². The fourth-order valence-electron chi connectivity index (χ4n) is 4.00. The molecule has 2 fully saturated rings. The third-order valence-electron chi connectivity index (χ3n) is 5.67. The van der Waals surface area contributed by atoms with Gasteiger partial charge in [0.1, 0.15) is 0 Å². The molecule has 138 valence electrons. The average Bonchev–Trinajstić information content (AvgIpc) is 2.63. The normalized spacial score (nSPS) is 23.2. The number of hydrogen-bond donors (Lipinski definition) is 0. The van der Waals surface area contributed by atoms with Gasteiger partial charge in [-0.3, -0.25) is 4.79 Å². The molecule has 25 heavy (non-hydrogen) atoms. The molecule has 5 nitrogen and oxygen atoms in total. The first kappa shape index (κ1) is 18.4. The molecule has 1 amide bonds. The van der Waals surface area contributed by atoms with Crippen LogP contribution in [-0.2, 0) is 16.1 Å². The van der Waals surface area contributed by atoms with Gasteiger partial charge in [0.25, 0.3) is 5.91 Å². The van der Waals surface area contributed by atoms with E-state index in [1.54, 1.807) is 7.11 Å². The molecule has 1 aromatic rings. The summed E-state index contributed by atoms with van der Waals surface area (Å²) in [7, 11) is 5.97. The Morgan fingerprint density at radius 1 is 1.28 bits per heavy atom. The molecule has 1 aromatic carbocycles. The minimum Gasteiger partial charge on any atom is -0.380 e. The van der Waals surface area contributed by atoms with Crippen LogP contribution in [0.2, 0.25) is 0 Å². The largest absolute Gasteiger partial charge is 0.380 e. The van der Waals surface area contributed by atoms with E-state index >= 15 is 0 Å². The van der Waals surface area contributed by atoms with Crippen LogP contribution in [0.3, 0.4) is 0 Å². The molecule has 2 heterocycles. The maximum atomic E-state index is 12.8. The van der Waals surface area contributed by atoms with Gasteiger partial charge in [-0.1, -0.05) is 12.1 Å².